The molecular formula is C20H24ClN3O. The Balaban J connectivity index is 1.67. The number of benzene rings is 2. The summed E-state index contributed by atoms with van der Waals surface area (Å²) in [6.07, 6.45) is 3.19. The Kier molecular flexibility index (Phi) is 5.95. The average molecular weight is 358 g/mol. The minimum Gasteiger partial charge on any atom is -0.330 e. The Bertz CT molecular complexity index is 715. The van der Waals surface area contributed by atoms with Gasteiger partial charge in [-0.25, -0.2) is 4.79 Å². The van der Waals surface area contributed by atoms with Crippen molar-refractivity contribution in [1.29, 1.82) is 0 Å². The van der Waals surface area contributed by atoms with Gasteiger partial charge in [-0.1, -0.05) is 35.9 Å². The van der Waals surface area contributed by atoms with Gasteiger partial charge in [-0.3, -0.25) is 0 Å². The molecule has 0 spiro atoms. The quantitative estimate of drug-likeness (QED) is 0.840. The summed E-state index contributed by atoms with van der Waals surface area (Å²) >= 11 is 5.95. The predicted octanol–water partition coefficient (Wildman–Crippen LogP) is 4.60. The Hall–Kier alpha value is -2.04. The molecule has 3 rings (SSSR count). The van der Waals surface area contributed by atoms with Gasteiger partial charge in [0.2, 0.25) is 0 Å². The molecule has 2 aromatic carbocycles. The zero-order valence-corrected chi connectivity index (χ0v) is 15.0. The molecule has 0 aromatic heterocycles. The smallest absolute Gasteiger partial charge is 0.321 e. The molecule has 4 nitrogen and oxygen atoms in total. The van der Waals surface area contributed by atoms with Crippen molar-refractivity contribution in [2.75, 3.05) is 25.0 Å². The van der Waals surface area contributed by atoms with Gasteiger partial charge in [0.1, 0.15) is 0 Å². The van der Waals surface area contributed by atoms with E-state index in [0.29, 0.717) is 17.5 Å². The Morgan fingerprint density at radius 2 is 2.00 bits per heavy atom. The summed E-state index contributed by atoms with van der Waals surface area (Å²) < 4.78 is 0. The van der Waals surface area contributed by atoms with E-state index in [1.165, 1.54) is 0 Å². The molecule has 2 amide bonds. The van der Waals surface area contributed by atoms with Crippen molar-refractivity contribution < 1.29 is 4.79 Å². The molecule has 2 aromatic rings. The number of nitrogens with two attached hydrogens (primary N) is 1. The highest BCUT2D eigenvalue weighted by atomic mass is 35.5. The molecule has 1 aliphatic rings. The number of nitrogens with zero attached hydrogens (tertiary/aromatic N) is 1. The van der Waals surface area contributed by atoms with Crippen LogP contribution in [-0.2, 0) is 0 Å². The summed E-state index contributed by atoms with van der Waals surface area (Å²) in [6, 6.07) is 15.5. The molecule has 5 heteroatoms. The molecule has 1 saturated heterocycles. The predicted molar refractivity (Wildman–Crippen MR) is 104 cm³/mol. The number of carbonyl (C=O) groups excluding carboxylic acids is 1. The SMILES string of the molecule is NCC[C@H]1CCCN(C(=O)Nc2cccc(-c3ccc(Cl)cc3)c2)C1. The largest absolute Gasteiger partial charge is 0.330 e. The van der Waals surface area contributed by atoms with Crippen LogP contribution in [0.1, 0.15) is 19.3 Å². The van der Waals surface area contributed by atoms with Crippen molar-refractivity contribution in [2.45, 2.75) is 19.3 Å². The Labute approximate surface area is 154 Å². The summed E-state index contributed by atoms with van der Waals surface area (Å²) in [4.78, 5) is 14.5. The highest BCUT2D eigenvalue weighted by molar-refractivity contribution is 6.30. The van der Waals surface area contributed by atoms with Crippen molar-refractivity contribution >= 4 is 23.3 Å². The number of hydrogen-bond acceptors (Lipinski definition) is 2. The van der Waals surface area contributed by atoms with E-state index in [1.54, 1.807) is 0 Å². The van der Waals surface area contributed by atoms with Gasteiger partial charge >= 0.3 is 6.03 Å². The van der Waals surface area contributed by atoms with Gasteiger partial charge < -0.3 is 16.0 Å². The maximum atomic E-state index is 12.6. The minimum absolute atomic E-state index is 0.0324. The topological polar surface area (TPSA) is 58.4 Å². The maximum absolute atomic E-state index is 12.6. The second-order valence-corrected chi connectivity index (χ2v) is 6.99. The molecular weight excluding hydrogens is 334 g/mol. The second kappa shape index (κ2) is 8.37. The first kappa shape index (κ1) is 17.8. The first-order valence-electron chi connectivity index (χ1n) is 8.77. The van der Waals surface area contributed by atoms with Crippen molar-refractivity contribution in [3.63, 3.8) is 0 Å². The number of likely N-dealkylation sites (tertiary alicyclic amines) is 1. The molecule has 1 aliphatic heterocycles. The van der Waals surface area contributed by atoms with Crippen molar-refractivity contribution in [3.05, 3.63) is 53.6 Å². The van der Waals surface area contributed by atoms with E-state index in [1.807, 2.05) is 53.4 Å². The number of nitrogens with one attached hydrogen (secondary N) is 1. The van der Waals surface area contributed by atoms with Crippen molar-refractivity contribution in [3.8, 4) is 11.1 Å². The van der Waals surface area contributed by atoms with Gasteiger partial charge in [-0.05, 0) is 67.1 Å². The lowest BCUT2D eigenvalue weighted by Gasteiger charge is -2.32. The fourth-order valence-corrected chi connectivity index (χ4v) is 3.47. The number of hydrogen-bond donors (Lipinski definition) is 2. The number of amides is 2. The van der Waals surface area contributed by atoms with Crippen LogP contribution in [0.25, 0.3) is 11.1 Å². The third-order valence-corrected chi connectivity index (χ3v) is 4.92. The summed E-state index contributed by atoms with van der Waals surface area (Å²) in [5.74, 6) is 0.518. The number of carbonyl (C=O) groups is 1. The fraction of sp³-hybridized carbons (Fsp3) is 0.350. The standard InChI is InChI=1S/C20H24ClN3O/c21-18-8-6-16(7-9-18)17-4-1-5-19(13-17)23-20(25)24-12-2-3-15(14-24)10-11-22/h1,4-9,13,15H,2-3,10-12,14,22H2,(H,23,25)/t15-/m1/s1. The van der Waals surface area contributed by atoms with E-state index < -0.39 is 0 Å². The Morgan fingerprint density at radius 3 is 2.76 bits per heavy atom. The van der Waals surface area contributed by atoms with E-state index >= 15 is 0 Å². The van der Waals surface area contributed by atoms with Gasteiger partial charge in [0.15, 0.2) is 0 Å². The van der Waals surface area contributed by atoms with Crippen LogP contribution in [0.5, 0.6) is 0 Å². The van der Waals surface area contributed by atoms with Gasteiger partial charge in [-0.15, -0.1) is 0 Å². The molecule has 1 heterocycles. The van der Waals surface area contributed by atoms with Crippen molar-refractivity contribution in [2.24, 2.45) is 11.7 Å². The molecule has 1 atom stereocenters. The van der Waals surface area contributed by atoms with E-state index in [4.69, 9.17) is 17.3 Å². The molecule has 0 aliphatic carbocycles. The summed E-state index contributed by atoms with van der Waals surface area (Å²) in [5.41, 5.74) is 8.58. The number of rotatable bonds is 4. The lowest BCUT2D eigenvalue weighted by molar-refractivity contribution is 0.175. The molecule has 0 bridgehead atoms. The van der Waals surface area contributed by atoms with Crippen LogP contribution in [0, 0.1) is 5.92 Å². The van der Waals surface area contributed by atoms with Gasteiger partial charge in [0.25, 0.3) is 0 Å². The molecule has 1 fully saturated rings. The zero-order valence-electron chi connectivity index (χ0n) is 14.2. The van der Waals surface area contributed by atoms with E-state index in [9.17, 15) is 4.79 Å². The summed E-state index contributed by atoms with van der Waals surface area (Å²) in [6.45, 7) is 2.28. The monoisotopic (exact) mass is 357 g/mol. The minimum atomic E-state index is -0.0324. The third-order valence-electron chi connectivity index (χ3n) is 4.67. The number of urea groups is 1. The lowest BCUT2D eigenvalue weighted by Crippen LogP contribution is -2.42. The highest BCUT2D eigenvalue weighted by Gasteiger charge is 2.23. The van der Waals surface area contributed by atoms with Crippen LogP contribution in [-0.4, -0.2) is 30.6 Å². The van der Waals surface area contributed by atoms with Gasteiger partial charge in [0, 0.05) is 23.8 Å². The third kappa shape index (κ3) is 4.74. The van der Waals surface area contributed by atoms with Crippen molar-refractivity contribution in [1.82, 2.24) is 4.90 Å². The first-order valence-corrected chi connectivity index (χ1v) is 9.15. The van der Waals surface area contributed by atoms with E-state index in [0.717, 1.165) is 49.2 Å². The van der Waals surface area contributed by atoms with E-state index in [-0.39, 0.29) is 6.03 Å². The molecule has 3 N–H and O–H groups in total. The molecule has 0 radical (unpaired) electrons. The van der Waals surface area contributed by atoms with Gasteiger partial charge in [0.05, 0.1) is 0 Å². The summed E-state index contributed by atoms with van der Waals surface area (Å²) in [5, 5.41) is 3.74. The second-order valence-electron chi connectivity index (χ2n) is 6.55. The van der Waals surface area contributed by atoms with Crippen LogP contribution >= 0.6 is 11.6 Å². The van der Waals surface area contributed by atoms with Crippen LogP contribution in [0.3, 0.4) is 0 Å². The van der Waals surface area contributed by atoms with Crippen LogP contribution in [0.2, 0.25) is 5.02 Å². The first-order chi connectivity index (χ1) is 12.2. The summed E-state index contributed by atoms with van der Waals surface area (Å²) in [7, 11) is 0. The lowest BCUT2D eigenvalue weighted by atomic mass is 9.95. The van der Waals surface area contributed by atoms with Crippen LogP contribution < -0.4 is 11.1 Å². The highest BCUT2D eigenvalue weighted by Crippen LogP contribution is 2.25. The number of halogens is 1. The normalized spacial score (nSPS) is 17.4. The van der Waals surface area contributed by atoms with E-state index in [2.05, 4.69) is 5.32 Å². The number of piperidine rings is 1. The molecule has 132 valence electrons. The average Bonchev–Trinajstić information content (AvgIpc) is 2.63. The van der Waals surface area contributed by atoms with Crippen LogP contribution in [0.15, 0.2) is 48.5 Å². The Morgan fingerprint density at radius 1 is 1.20 bits per heavy atom. The zero-order chi connectivity index (χ0) is 17.6. The molecule has 0 unspecified atom stereocenters. The van der Waals surface area contributed by atoms with Gasteiger partial charge in [-0.2, -0.15) is 0 Å². The molecule has 25 heavy (non-hydrogen) atoms. The van der Waals surface area contributed by atoms with Crippen LogP contribution in [0.4, 0.5) is 10.5 Å². The maximum Gasteiger partial charge on any atom is 0.321 e. The fourth-order valence-electron chi connectivity index (χ4n) is 3.34. The molecule has 0 saturated carbocycles. The number of anilines is 1.